The Bertz CT molecular complexity index is 417. The van der Waals surface area contributed by atoms with Crippen LogP contribution in [-0.4, -0.2) is 40.6 Å². The minimum Gasteiger partial charge on any atom is -0.388 e. The third-order valence-corrected chi connectivity index (χ3v) is 3.38. The van der Waals surface area contributed by atoms with Crippen LogP contribution >= 0.6 is 0 Å². The van der Waals surface area contributed by atoms with Gasteiger partial charge in [0, 0.05) is 13.1 Å². The second kappa shape index (κ2) is 5.08. The number of hydrogen-bond donors (Lipinski definition) is 2. The number of rotatable bonds is 3. The molecule has 2 rings (SSSR count). The third-order valence-electron chi connectivity index (χ3n) is 3.38. The van der Waals surface area contributed by atoms with Gasteiger partial charge in [0.25, 0.3) is 0 Å². The fourth-order valence-electron chi connectivity index (χ4n) is 2.32. The topological polar surface area (TPSA) is 66.6 Å². The van der Waals surface area contributed by atoms with E-state index >= 15 is 0 Å². The Labute approximate surface area is 107 Å². The first kappa shape index (κ1) is 13.1. The van der Waals surface area contributed by atoms with Crippen molar-refractivity contribution in [3.05, 3.63) is 35.9 Å². The minimum atomic E-state index is -0.762. The van der Waals surface area contributed by atoms with Gasteiger partial charge >= 0.3 is 0 Å². The molecule has 1 aromatic carbocycles. The van der Waals surface area contributed by atoms with Crippen LogP contribution in [0.1, 0.15) is 18.9 Å². The van der Waals surface area contributed by atoms with Crippen molar-refractivity contribution in [2.24, 2.45) is 5.73 Å². The van der Waals surface area contributed by atoms with Crippen LogP contribution in [0, 0.1) is 0 Å². The van der Waals surface area contributed by atoms with Crippen molar-refractivity contribution in [1.82, 2.24) is 4.90 Å². The maximum atomic E-state index is 12.1. The van der Waals surface area contributed by atoms with E-state index < -0.39 is 11.6 Å². The van der Waals surface area contributed by atoms with Crippen molar-refractivity contribution in [3.63, 3.8) is 0 Å². The third kappa shape index (κ3) is 3.09. The number of hydrogen-bond acceptors (Lipinski definition) is 3. The molecule has 0 radical (unpaired) electrons. The zero-order chi connectivity index (χ0) is 13.2. The monoisotopic (exact) mass is 248 g/mol. The van der Waals surface area contributed by atoms with E-state index in [9.17, 15) is 9.90 Å². The minimum absolute atomic E-state index is 0.0726. The molecule has 0 saturated carbocycles. The van der Waals surface area contributed by atoms with E-state index in [-0.39, 0.29) is 5.91 Å². The summed E-state index contributed by atoms with van der Waals surface area (Å²) in [6.07, 6.45) is 1.16. The van der Waals surface area contributed by atoms with Gasteiger partial charge in [-0.15, -0.1) is 0 Å². The summed E-state index contributed by atoms with van der Waals surface area (Å²) in [5, 5.41) is 9.85. The molecule has 1 saturated heterocycles. The number of carbonyl (C=O) groups is 1. The smallest absolute Gasteiger partial charge is 0.239 e. The normalized spacial score (nSPS) is 25.2. The van der Waals surface area contributed by atoms with E-state index in [1.807, 2.05) is 30.3 Å². The van der Waals surface area contributed by atoms with E-state index in [1.54, 1.807) is 11.8 Å². The van der Waals surface area contributed by atoms with Crippen molar-refractivity contribution in [2.75, 3.05) is 13.1 Å². The standard InChI is InChI=1S/C14H20N2O2/c1-14(18)7-8-16(10-14)13(17)12(15)9-11-5-3-2-4-6-11/h2-6,12,18H,7-10,15H2,1H3/t12-,14?/m1/s1. The Kier molecular flexibility index (Phi) is 3.68. The Morgan fingerprint density at radius 1 is 1.50 bits per heavy atom. The molecule has 4 heteroatoms. The van der Waals surface area contributed by atoms with Gasteiger partial charge in [-0.25, -0.2) is 0 Å². The zero-order valence-corrected chi connectivity index (χ0v) is 10.7. The Hall–Kier alpha value is -1.39. The van der Waals surface area contributed by atoms with Crippen LogP contribution in [0.5, 0.6) is 0 Å². The quantitative estimate of drug-likeness (QED) is 0.820. The second-order valence-corrected chi connectivity index (χ2v) is 5.30. The van der Waals surface area contributed by atoms with Crippen LogP contribution in [0.25, 0.3) is 0 Å². The molecule has 0 spiro atoms. The van der Waals surface area contributed by atoms with Gasteiger partial charge in [0.2, 0.25) is 5.91 Å². The Morgan fingerprint density at radius 3 is 2.72 bits per heavy atom. The number of nitrogens with zero attached hydrogens (tertiary/aromatic N) is 1. The van der Waals surface area contributed by atoms with Crippen molar-refractivity contribution in [1.29, 1.82) is 0 Å². The number of likely N-dealkylation sites (tertiary alicyclic amines) is 1. The summed E-state index contributed by atoms with van der Waals surface area (Å²) in [7, 11) is 0. The van der Waals surface area contributed by atoms with Gasteiger partial charge in [0.1, 0.15) is 0 Å². The summed E-state index contributed by atoms with van der Waals surface area (Å²) in [5.74, 6) is -0.0726. The molecule has 1 aliphatic rings. The van der Waals surface area contributed by atoms with E-state index in [1.165, 1.54) is 0 Å². The predicted molar refractivity (Wildman–Crippen MR) is 69.9 cm³/mol. The Morgan fingerprint density at radius 2 is 2.17 bits per heavy atom. The van der Waals surface area contributed by atoms with Crippen LogP contribution in [0.2, 0.25) is 0 Å². The van der Waals surface area contributed by atoms with Crippen LogP contribution < -0.4 is 5.73 Å². The molecule has 1 aliphatic heterocycles. The summed E-state index contributed by atoms with van der Waals surface area (Å²) < 4.78 is 0. The average molecular weight is 248 g/mol. The number of aliphatic hydroxyl groups is 1. The highest BCUT2D eigenvalue weighted by Crippen LogP contribution is 2.21. The molecular formula is C14H20N2O2. The van der Waals surface area contributed by atoms with Gasteiger partial charge in [-0.3, -0.25) is 4.79 Å². The molecule has 2 atom stereocenters. The first-order valence-corrected chi connectivity index (χ1v) is 6.29. The van der Waals surface area contributed by atoms with Crippen LogP contribution in [-0.2, 0) is 11.2 Å². The highest BCUT2D eigenvalue weighted by atomic mass is 16.3. The molecule has 1 heterocycles. The maximum Gasteiger partial charge on any atom is 0.239 e. The molecule has 1 aromatic rings. The zero-order valence-electron chi connectivity index (χ0n) is 10.7. The summed E-state index contributed by atoms with van der Waals surface area (Å²) in [6, 6.07) is 9.22. The molecule has 1 fully saturated rings. The van der Waals surface area contributed by atoms with Gasteiger partial charge in [-0.05, 0) is 25.3 Å². The predicted octanol–water partition coefficient (Wildman–Crippen LogP) is 0.540. The first-order valence-electron chi connectivity index (χ1n) is 6.29. The highest BCUT2D eigenvalue weighted by molar-refractivity contribution is 5.82. The second-order valence-electron chi connectivity index (χ2n) is 5.30. The largest absolute Gasteiger partial charge is 0.388 e. The van der Waals surface area contributed by atoms with Crippen molar-refractivity contribution >= 4 is 5.91 Å². The van der Waals surface area contributed by atoms with Crippen molar-refractivity contribution < 1.29 is 9.90 Å². The summed E-state index contributed by atoms with van der Waals surface area (Å²) in [6.45, 7) is 2.73. The fraction of sp³-hybridized carbons (Fsp3) is 0.500. The number of carbonyl (C=O) groups excluding carboxylic acids is 1. The van der Waals surface area contributed by atoms with E-state index in [4.69, 9.17) is 5.73 Å². The van der Waals surface area contributed by atoms with Crippen LogP contribution in [0.3, 0.4) is 0 Å². The summed E-state index contributed by atoms with van der Waals surface area (Å²) in [5.41, 5.74) is 6.24. The molecule has 0 aromatic heterocycles. The molecule has 1 unspecified atom stereocenters. The lowest BCUT2D eigenvalue weighted by atomic mass is 10.1. The van der Waals surface area contributed by atoms with Crippen LogP contribution in [0.15, 0.2) is 30.3 Å². The lowest BCUT2D eigenvalue weighted by molar-refractivity contribution is -0.132. The molecule has 0 aliphatic carbocycles. The molecule has 98 valence electrons. The highest BCUT2D eigenvalue weighted by Gasteiger charge is 2.35. The molecule has 4 nitrogen and oxygen atoms in total. The summed E-state index contributed by atoms with van der Waals surface area (Å²) in [4.78, 5) is 13.8. The number of nitrogens with two attached hydrogens (primary N) is 1. The molecule has 0 bridgehead atoms. The van der Waals surface area contributed by atoms with Gasteiger partial charge in [0.15, 0.2) is 0 Å². The van der Waals surface area contributed by atoms with Gasteiger partial charge in [0.05, 0.1) is 11.6 Å². The lowest BCUT2D eigenvalue weighted by Gasteiger charge is -2.22. The average Bonchev–Trinajstić information content (AvgIpc) is 2.70. The van der Waals surface area contributed by atoms with Gasteiger partial charge in [-0.2, -0.15) is 0 Å². The molecule has 18 heavy (non-hydrogen) atoms. The maximum absolute atomic E-state index is 12.1. The lowest BCUT2D eigenvalue weighted by Crippen LogP contribution is -2.45. The van der Waals surface area contributed by atoms with Crippen LogP contribution in [0.4, 0.5) is 0 Å². The number of amides is 1. The van der Waals surface area contributed by atoms with E-state index in [2.05, 4.69) is 0 Å². The number of benzene rings is 1. The van der Waals surface area contributed by atoms with E-state index in [0.717, 1.165) is 5.56 Å². The molecular weight excluding hydrogens is 228 g/mol. The first-order chi connectivity index (χ1) is 8.48. The van der Waals surface area contributed by atoms with Crippen molar-refractivity contribution in [2.45, 2.75) is 31.4 Å². The summed E-state index contributed by atoms with van der Waals surface area (Å²) >= 11 is 0. The molecule has 3 N–H and O–H groups in total. The van der Waals surface area contributed by atoms with Gasteiger partial charge < -0.3 is 15.7 Å². The fourth-order valence-corrected chi connectivity index (χ4v) is 2.32. The van der Waals surface area contributed by atoms with E-state index in [0.29, 0.717) is 25.9 Å². The number of β-amino-alcohol motifs (C(OH)–C–C–N with tert-alkyl or cyclic N) is 1. The van der Waals surface area contributed by atoms with Crippen molar-refractivity contribution in [3.8, 4) is 0 Å². The Balaban J connectivity index is 1.94. The SMILES string of the molecule is CC1(O)CCN(C(=O)[C@H](N)Cc2ccccc2)C1. The molecule has 1 amide bonds. The van der Waals surface area contributed by atoms with Gasteiger partial charge in [-0.1, -0.05) is 30.3 Å².